The van der Waals surface area contributed by atoms with E-state index in [1.165, 1.54) is 0 Å². The predicted octanol–water partition coefficient (Wildman–Crippen LogP) is -0.308. The van der Waals surface area contributed by atoms with Gasteiger partial charge in [-0.25, -0.2) is 0 Å². The summed E-state index contributed by atoms with van der Waals surface area (Å²) in [5.74, 6) is -2.30. The maximum Gasteiger partial charge on any atom is 0.243 e. The summed E-state index contributed by atoms with van der Waals surface area (Å²) in [6.45, 7) is 8.16. The minimum atomic E-state index is -0.929. The minimum Gasteiger partial charge on any atom is -0.380 e. The van der Waals surface area contributed by atoms with E-state index in [9.17, 15) is 24.0 Å². The molecule has 0 heterocycles. The highest BCUT2D eigenvalue weighted by atomic mass is 16.5. The Bertz CT molecular complexity index is 875. The van der Waals surface area contributed by atoms with E-state index >= 15 is 0 Å². The molecule has 1 atom stereocenters. The largest absolute Gasteiger partial charge is 0.380 e. The number of ether oxygens (including phenoxy) is 1. The molecule has 0 saturated carbocycles. The lowest BCUT2D eigenvalue weighted by molar-refractivity contribution is -0.131. The molecule has 0 unspecified atom stereocenters. The first-order chi connectivity index (χ1) is 17.6. The fourth-order valence-electron chi connectivity index (χ4n) is 3.00. The molecule has 1 rings (SSSR count). The smallest absolute Gasteiger partial charge is 0.243 e. The van der Waals surface area contributed by atoms with Crippen LogP contribution in [0, 0.1) is 5.92 Å². The van der Waals surface area contributed by atoms with E-state index in [4.69, 9.17) is 4.74 Å². The van der Waals surface area contributed by atoms with Crippen LogP contribution >= 0.6 is 0 Å². The van der Waals surface area contributed by atoms with Gasteiger partial charge in [0.1, 0.15) is 6.04 Å². The molecule has 0 aliphatic heterocycles. The topological polar surface area (TPSA) is 155 Å². The number of ketones is 1. The molecule has 11 nitrogen and oxygen atoms in total. The van der Waals surface area contributed by atoms with Gasteiger partial charge in [0.15, 0.2) is 5.78 Å². The van der Waals surface area contributed by atoms with Crippen LogP contribution in [0.4, 0.5) is 0 Å². The summed E-state index contributed by atoms with van der Waals surface area (Å²) >= 11 is 0. The van der Waals surface area contributed by atoms with Crippen molar-refractivity contribution in [1.29, 1.82) is 0 Å². The standard InChI is InChI=1S/C26H41N5O6/c1-18(2)22(32)15-30-26(36)21(14-20-8-6-5-7-9-20)31-25(35)17-29-24(34)16-28-23(33)10-12-37-13-11-27-19(3)4/h5-9,18-19,21,27H,10-17H2,1-4H3,(H,28,33)(H,29,34)(H,30,36)(H,31,35)/t21-/m0/s1. The number of hydrogen-bond donors (Lipinski definition) is 5. The van der Waals surface area contributed by atoms with Crippen LogP contribution in [0.2, 0.25) is 0 Å². The molecule has 0 spiro atoms. The second-order valence-corrected chi connectivity index (χ2v) is 9.17. The number of hydrogen-bond acceptors (Lipinski definition) is 7. The zero-order valence-electron chi connectivity index (χ0n) is 22.2. The molecule has 4 amide bonds. The van der Waals surface area contributed by atoms with Crippen LogP contribution in [0.1, 0.15) is 39.7 Å². The van der Waals surface area contributed by atoms with Gasteiger partial charge in [0.2, 0.25) is 23.6 Å². The average molecular weight is 520 g/mol. The van der Waals surface area contributed by atoms with Crippen LogP contribution < -0.4 is 26.6 Å². The quantitative estimate of drug-likeness (QED) is 0.167. The van der Waals surface area contributed by atoms with Crippen LogP contribution in [-0.2, 0) is 35.1 Å². The Morgan fingerprint density at radius 3 is 2.08 bits per heavy atom. The van der Waals surface area contributed by atoms with Gasteiger partial charge in [0.05, 0.1) is 32.8 Å². The molecule has 0 aromatic heterocycles. The van der Waals surface area contributed by atoms with Crippen molar-refractivity contribution in [2.45, 2.75) is 52.6 Å². The Morgan fingerprint density at radius 2 is 1.43 bits per heavy atom. The van der Waals surface area contributed by atoms with Crippen LogP contribution in [0.15, 0.2) is 30.3 Å². The molecular weight excluding hydrogens is 478 g/mol. The van der Waals surface area contributed by atoms with Gasteiger partial charge in [0, 0.05) is 31.3 Å². The molecular formula is C26H41N5O6. The van der Waals surface area contributed by atoms with Crippen molar-refractivity contribution >= 4 is 29.4 Å². The van der Waals surface area contributed by atoms with Gasteiger partial charge in [0.25, 0.3) is 0 Å². The highest BCUT2D eigenvalue weighted by Crippen LogP contribution is 2.04. The highest BCUT2D eigenvalue weighted by molar-refractivity contribution is 5.93. The number of Topliss-reactive ketones (excluding diaryl/α,β-unsaturated/α-hetero) is 1. The van der Waals surface area contributed by atoms with Crippen molar-refractivity contribution in [2.75, 3.05) is 39.4 Å². The number of nitrogens with one attached hydrogen (secondary N) is 5. The van der Waals surface area contributed by atoms with Gasteiger partial charge in [-0.05, 0) is 5.56 Å². The first kappa shape index (κ1) is 31.7. The van der Waals surface area contributed by atoms with Crippen LogP contribution in [0.5, 0.6) is 0 Å². The zero-order chi connectivity index (χ0) is 27.6. The van der Waals surface area contributed by atoms with Crippen molar-refractivity contribution in [3.05, 3.63) is 35.9 Å². The molecule has 0 saturated heterocycles. The monoisotopic (exact) mass is 519 g/mol. The minimum absolute atomic E-state index is 0.116. The Kier molecular flexibility index (Phi) is 15.4. The molecule has 0 bridgehead atoms. The first-order valence-corrected chi connectivity index (χ1v) is 12.6. The van der Waals surface area contributed by atoms with Gasteiger partial charge < -0.3 is 31.3 Å². The third kappa shape index (κ3) is 15.4. The molecule has 5 N–H and O–H groups in total. The van der Waals surface area contributed by atoms with Crippen LogP contribution in [0.3, 0.4) is 0 Å². The van der Waals surface area contributed by atoms with Gasteiger partial charge in [-0.1, -0.05) is 58.0 Å². The highest BCUT2D eigenvalue weighted by Gasteiger charge is 2.22. The van der Waals surface area contributed by atoms with Gasteiger partial charge in [-0.2, -0.15) is 0 Å². The Morgan fingerprint density at radius 1 is 0.784 bits per heavy atom. The Labute approximate surface area is 218 Å². The van der Waals surface area contributed by atoms with E-state index in [1.54, 1.807) is 13.8 Å². The lowest BCUT2D eigenvalue weighted by atomic mass is 10.0. The summed E-state index contributed by atoms with van der Waals surface area (Å²) in [5, 5.41) is 13.3. The number of benzene rings is 1. The molecule has 37 heavy (non-hydrogen) atoms. The van der Waals surface area contributed by atoms with Crippen molar-refractivity contribution < 1.29 is 28.7 Å². The average Bonchev–Trinajstić information content (AvgIpc) is 2.86. The summed E-state index contributed by atoms with van der Waals surface area (Å²) < 4.78 is 5.35. The Balaban J connectivity index is 2.42. The summed E-state index contributed by atoms with van der Waals surface area (Å²) in [6, 6.07) is 8.55. The summed E-state index contributed by atoms with van der Waals surface area (Å²) in [4.78, 5) is 60.8. The van der Waals surface area contributed by atoms with E-state index in [2.05, 4.69) is 26.6 Å². The molecule has 1 aromatic rings. The number of amides is 4. The summed E-state index contributed by atoms with van der Waals surface area (Å²) in [6.07, 6.45) is 0.332. The predicted molar refractivity (Wildman–Crippen MR) is 140 cm³/mol. The summed E-state index contributed by atoms with van der Waals surface area (Å²) in [7, 11) is 0. The lowest BCUT2D eigenvalue weighted by Gasteiger charge is -2.19. The van der Waals surface area contributed by atoms with Crippen molar-refractivity contribution in [2.24, 2.45) is 5.92 Å². The zero-order valence-corrected chi connectivity index (χ0v) is 22.2. The van der Waals surface area contributed by atoms with Crippen molar-refractivity contribution in [3.63, 3.8) is 0 Å². The van der Waals surface area contributed by atoms with E-state index in [0.29, 0.717) is 19.2 Å². The van der Waals surface area contributed by atoms with Crippen molar-refractivity contribution in [3.8, 4) is 0 Å². The molecule has 11 heteroatoms. The third-order valence-corrected chi connectivity index (χ3v) is 5.18. The normalized spacial score (nSPS) is 11.6. The molecule has 0 radical (unpaired) electrons. The maximum atomic E-state index is 12.7. The van der Waals surface area contributed by atoms with E-state index in [1.807, 2.05) is 44.2 Å². The molecule has 1 aromatic carbocycles. The van der Waals surface area contributed by atoms with Crippen molar-refractivity contribution in [1.82, 2.24) is 26.6 Å². The number of carbonyl (C=O) groups excluding carboxylic acids is 5. The second kappa shape index (κ2) is 18.0. The fourth-order valence-corrected chi connectivity index (χ4v) is 3.00. The van der Waals surface area contributed by atoms with E-state index < -0.39 is 23.8 Å². The van der Waals surface area contributed by atoms with Gasteiger partial charge >= 0.3 is 0 Å². The Hall–Kier alpha value is -3.31. The van der Waals surface area contributed by atoms with Crippen LogP contribution in [0.25, 0.3) is 0 Å². The molecule has 206 valence electrons. The number of rotatable bonds is 18. The molecule has 0 fully saturated rings. The first-order valence-electron chi connectivity index (χ1n) is 12.6. The van der Waals surface area contributed by atoms with Gasteiger partial charge in [-0.3, -0.25) is 24.0 Å². The molecule has 0 aliphatic rings. The fraction of sp³-hybridized carbons (Fsp3) is 0.577. The van der Waals surface area contributed by atoms with E-state index in [0.717, 1.165) is 5.56 Å². The summed E-state index contributed by atoms with van der Waals surface area (Å²) in [5.41, 5.74) is 0.824. The van der Waals surface area contributed by atoms with Crippen LogP contribution in [-0.4, -0.2) is 80.9 Å². The molecule has 0 aliphatic carbocycles. The SMILES string of the molecule is CC(C)NCCOCCC(=O)NCC(=O)NCC(=O)N[C@@H](Cc1ccccc1)C(=O)NCC(=O)C(C)C. The number of carbonyl (C=O) groups is 5. The van der Waals surface area contributed by atoms with Gasteiger partial charge in [-0.15, -0.1) is 0 Å². The maximum absolute atomic E-state index is 12.7. The lowest BCUT2D eigenvalue weighted by Crippen LogP contribution is -2.52. The third-order valence-electron chi connectivity index (χ3n) is 5.18. The van der Waals surface area contributed by atoms with E-state index in [-0.39, 0.29) is 56.7 Å². The second-order valence-electron chi connectivity index (χ2n) is 9.17.